The van der Waals surface area contributed by atoms with E-state index in [9.17, 15) is 0 Å². The summed E-state index contributed by atoms with van der Waals surface area (Å²) in [5.41, 5.74) is 2.74. The number of halogens is 1. The lowest BCUT2D eigenvalue weighted by Crippen LogP contribution is -2.40. The quantitative estimate of drug-likeness (QED) is 0.208. The second kappa shape index (κ2) is 14.2. The van der Waals surface area contributed by atoms with Gasteiger partial charge in [-0.3, -0.25) is 0 Å². The zero-order valence-corrected chi connectivity index (χ0v) is 26.6. The Labute approximate surface area is 245 Å². The smallest absolute Gasteiger partial charge is 0.225 e. The predicted molar refractivity (Wildman–Crippen MR) is 163 cm³/mol. The summed E-state index contributed by atoms with van der Waals surface area (Å²) < 4.78 is 33.2. The number of nitrogens with zero attached hydrogens (tertiary/aromatic N) is 4. The van der Waals surface area contributed by atoms with Crippen LogP contribution in [0.1, 0.15) is 65.4 Å². The first-order chi connectivity index (χ1) is 19.5. The average Bonchev–Trinajstić information content (AvgIpc) is 2.96. The van der Waals surface area contributed by atoms with Crippen molar-refractivity contribution in [2.75, 3.05) is 37.8 Å². The minimum atomic E-state index is -1.98. The molecule has 0 amide bonds. The van der Waals surface area contributed by atoms with E-state index < -0.39 is 8.32 Å². The van der Waals surface area contributed by atoms with Gasteiger partial charge in [0.15, 0.2) is 14.6 Å². The zero-order chi connectivity index (χ0) is 29.5. The van der Waals surface area contributed by atoms with Crippen LogP contribution in [0.4, 0.5) is 10.3 Å². The van der Waals surface area contributed by atoms with Crippen LogP contribution >= 0.6 is 0 Å². The van der Waals surface area contributed by atoms with E-state index in [1.165, 1.54) is 0 Å². The lowest BCUT2D eigenvalue weighted by Gasteiger charge is -2.36. The SMILES string of the molecule is CC(CON=C1CCN(c2ncc(-c3cccc(CO[Si](C)(C)C(C)(C)C)c3F)cn2)CC1)COC1CCCCO1. The number of anilines is 1. The summed E-state index contributed by atoms with van der Waals surface area (Å²) in [6.07, 6.45) is 8.16. The normalized spacial score (nSPS) is 19.2. The molecule has 1 aromatic carbocycles. The molecular weight excluding hydrogens is 539 g/mol. The fraction of sp³-hybridized carbons (Fsp3) is 0.645. The van der Waals surface area contributed by atoms with Crippen molar-refractivity contribution >= 4 is 20.0 Å². The van der Waals surface area contributed by atoms with E-state index in [4.69, 9.17) is 18.7 Å². The molecule has 2 saturated heterocycles. The van der Waals surface area contributed by atoms with Crippen LogP contribution in [0.3, 0.4) is 0 Å². The number of benzene rings is 1. The predicted octanol–water partition coefficient (Wildman–Crippen LogP) is 6.96. The molecule has 0 N–H and O–H groups in total. The summed E-state index contributed by atoms with van der Waals surface area (Å²) in [6.45, 7) is 16.7. The van der Waals surface area contributed by atoms with Crippen LogP contribution in [-0.4, -0.2) is 63.2 Å². The summed E-state index contributed by atoms with van der Waals surface area (Å²) in [5.74, 6) is 0.610. The molecule has 10 heteroatoms. The molecule has 1 aromatic heterocycles. The lowest BCUT2D eigenvalue weighted by molar-refractivity contribution is -0.170. The first-order valence-electron chi connectivity index (χ1n) is 14.9. The molecule has 0 radical (unpaired) electrons. The van der Waals surface area contributed by atoms with Crippen molar-refractivity contribution in [1.29, 1.82) is 0 Å². The molecule has 3 heterocycles. The van der Waals surface area contributed by atoms with Crippen molar-refractivity contribution in [2.45, 2.75) is 90.8 Å². The Morgan fingerprint density at radius 1 is 1.12 bits per heavy atom. The number of hydrogen-bond acceptors (Lipinski definition) is 8. The second-order valence-electron chi connectivity index (χ2n) is 12.8. The Morgan fingerprint density at radius 3 is 2.51 bits per heavy atom. The molecule has 0 spiro atoms. The minimum Gasteiger partial charge on any atom is -0.412 e. The number of piperidine rings is 1. The highest BCUT2D eigenvalue weighted by atomic mass is 28.4. The standard InChI is InChI=1S/C31H47FN4O4Si/c1-23(20-38-28-12-7-8-17-37-28)21-39-35-26-13-15-36(16-14-26)30-33-18-25(19-34-30)27-11-9-10-24(29(27)32)22-40-41(5,6)31(2,3)4/h9-11,18-19,23,28H,7-8,12-17,20-22H2,1-6H3. The molecule has 0 bridgehead atoms. The first kappa shape index (κ1) is 31.5. The van der Waals surface area contributed by atoms with Crippen LogP contribution in [0.5, 0.6) is 0 Å². The van der Waals surface area contributed by atoms with E-state index >= 15 is 4.39 Å². The topological polar surface area (TPSA) is 78.3 Å². The number of rotatable bonds is 11. The van der Waals surface area contributed by atoms with Crippen molar-refractivity contribution < 1.29 is 23.1 Å². The van der Waals surface area contributed by atoms with Crippen LogP contribution in [0, 0.1) is 11.7 Å². The highest BCUT2D eigenvalue weighted by Gasteiger charge is 2.37. The van der Waals surface area contributed by atoms with Crippen LogP contribution in [0.2, 0.25) is 18.1 Å². The molecule has 2 fully saturated rings. The first-order valence-corrected chi connectivity index (χ1v) is 17.8. The molecule has 2 atom stereocenters. The van der Waals surface area contributed by atoms with Gasteiger partial charge in [-0.15, -0.1) is 0 Å². The Balaban J connectivity index is 1.25. The summed E-state index contributed by atoms with van der Waals surface area (Å²) >= 11 is 0. The average molecular weight is 587 g/mol. The van der Waals surface area contributed by atoms with Gasteiger partial charge in [-0.25, -0.2) is 14.4 Å². The third-order valence-electron chi connectivity index (χ3n) is 8.30. The third-order valence-corrected chi connectivity index (χ3v) is 12.8. The van der Waals surface area contributed by atoms with Crippen LogP contribution in [0.25, 0.3) is 11.1 Å². The molecule has 226 valence electrons. The Hall–Kier alpha value is -2.40. The van der Waals surface area contributed by atoms with Crippen molar-refractivity contribution in [1.82, 2.24) is 9.97 Å². The van der Waals surface area contributed by atoms with Crippen molar-refractivity contribution in [2.24, 2.45) is 11.1 Å². The van der Waals surface area contributed by atoms with Crippen molar-refractivity contribution in [3.8, 4) is 11.1 Å². The molecule has 2 aliphatic rings. The van der Waals surface area contributed by atoms with E-state index in [0.29, 0.717) is 35.9 Å². The summed E-state index contributed by atoms with van der Waals surface area (Å²) in [7, 11) is -1.98. The lowest BCUT2D eigenvalue weighted by atomic mass is 10.1. The molecule has 0 saturated carbocycles. The Kier molecular flexibility index (Phi) is 10.9. The van der Waals surface area contributed by atoms with E-state index in [1.807, 2.05) is 6.07 Å². The van der Waals surface area contributed by atoms with Gasteiger partial charge in [-0.2, -0.15) is 0 Å². The van der Waals surface area contributed by atoms with Crippen LogP contribution < -0.4 is 4.90 Å². The van der Waals surface area contributed by atoms with Gasteiger partial charge in [-0.1, -0.05) is 51.0 Å². The fourth-order valence-corrected chi connectivity index (χ4v) is 5.44. The van der Waals surface area contributed by atoms with Crippen LogP contribution in [-0.2, 0) is 25.3 Å². The summed E-state index contributed by atoms with van der Waals surface area (Å²) in [6, 6.07) is 5.42. The number of hydrogen-bond donors (Lipinski definition) is 0. The molecule has 4 rings (SSSR count). The summed E-state index contributed by atoms with van der Waals surface area (Å²) in [4.78, 5) is 16.9. The Morgan fingerprint density at radius 2 is 1.85 bits per heavy atom. The van der Waals surface area contributed by atoms with Gasteiger partial charge in [0, 0.05) is 67.5 Å². The van der Waals surface area contributed by atoms with Crippen molar-refractivity contribution in [3.05, 3.63) is 42.0 Å². The highest BCUT2D eigenvalue weighted by Crippen LogP contribution is 2.37. The van der Waals surface area contributed by atoms with Gasteiger partial charge in [0.2, 0.25) is 5.95 Å². The number of oxime groups is 1. The molecule has 0 aliphatic carbocycles. The van der Waals surface area contributed by atoms with E-state index in [-0.39, 0.29) is 29.7 Å². The zero-order valence-electron chi connectivity index (χ0n) is 25.6. The molecular formula is C31H47FN4O4Si. The van der Waals surface area contributed by atoms with Gasteiger partial charge in [-0.05, 0) is 37.4 Å². The maximum absolute atomic E-state index is 15.4. The highest BCUT2D eigenvalue weighted by molar-refractivity contribution is 6.74. The van der Waals surface area contributed by atoms with Gasteiger partial charge in [0.25, 0.3) is 0 Å². The largest absolute Gasteiger partial charge is 0.412 e. The maximum atomic E-state index is 15.4. The van der Waals surface area contributed by atoms with E-state index in [0.717, 1.165) is 57.5 Å². The van der Waals surface area contributed by atoms with Crippen LogP contribution in [0.15, 0.2) is 35.7 Å². The Bertz CT molecular complexity index is 1140. The summed E-state index contributed by atoms with van der Waals surface area (Å²) in [5, 5.41) is 4.44. The van der Waals surface area contributed by atoms with Gasteiger partial charge >= 0.3 is 0 Å². The minimum absolute atomic E-state index is 0.0663. The molecule has 8 nitrogen and oxygen atoms in total. The van der Waals surface area contributed by atoms with Gasteiger partial charge in [0.1, 0.15) is 12.4 Å². The fourth-order valence-electron chi connectivity index (χ4n) is 4.49. The second-order valence-corrected chi connectivity index (χ2v) is 17.6. The van der Waals surface area contributed by atoms with Gasteiger partial charge < -0.3 is 23.6 Å². The third kappa shape index (κ3) is 8.80. The molecule has 2 unspecified atom stereocenters. The number of aromatic nitrogens is 2. The molecule has 2 aliphatic heterocycles. The monoisotopic (exact) mass is 586 g/mol. The number of ether oxygens (including phenoxy) is 2. The van der Waals surface area contributed by atoms with Gasteiger partial charge in [0.05, 0.1) is 18.9 Å². The maximum Gasteiger partial charge on any atom is 0.225 e. The van der Waals surface area contributed by atoms with E-state index in [2.05, 4.69) is 60.8 Å². The molecule has 41 heavy (non-hydrogen) atoms. The molecule has 2 aromatic rings. The van der Waals surface area contributed by atoms with E-state index in [1.54, 1.807) is 24.5 Å². The van der Waals surface area contributed by atoms with Crippen molar-refractivity contribution in [3.63, 3.8) is 0 Å².